The number of nitrogens with one attached hydrogen (secondary N) is 2. The molecule has 0 aliphatic carbocycles. The lowest BCUT2D eigenvalue weighted by Gasteiger charge is -2.10. The smallest absolute Gasteiger partial charge is 0.240 e. The predicted octanol–water partition coefficient (Wildman–Crippen LogP) is 2.21. The van der Waals surface area contributed by atoms with Crippen LogP contribution in [0.3, 0.4) is 0 Å². The van der Waals surface area contributed by atoms with E-state index in [1.807, 2.05) is 30.3 Å². The first-order valence-corrected chi connectivity index (χ1v) is 11.1. The van der Waals surface area contributed by atoms with Crippen LogP contribution in [0.2, 0.25) is 0 Å². The zero-order valence-electron chi connectivity index (χ0n) is 15.9. The number of imidazole rings is 1. The number of carbonyl (C=O) groups is 1. The minimum atomic E-state index is -3.61. The number of nitrogens with zero attached hydrogens (tertiary/aromatic N) is 2. The molecule has 0 unspecified atom stereocenters. The van der Waals surface area contributed by atoms with Gasteiger partial charge < -0.3 is 11.2 Å². The lowest BCUT2D eigenvalue weighted by molar-refractivity contribution is -0.113. The minimum absolute atomic E-state index is 0.0738. The summed E-state index contributed by atoms with van der Waals surface area (Å²) >= 11 is 1.19. The van der Waals surface area contributed by atoms with Gasteiger partial charge in [0, 0.05) is 11.3 Å². The van der Waals surface area contributed by atoms with Gasteiger partial charge in [0.15, 0.2) is 5.16 Å². The molecule has 0 spiro atoms. The van der Waals surface area contributed by atoms with Gasteiger partial charge in [0.25, 0.3) is 0 Å². The van der Waals surface area contributed by atoms with Crippen LogP contribution in [0.15, 0.2) is 64.8 Å². The maximum atomic E-state index is 12.3. The molecule has 1 aromatic heterocycles. The maximum absolute atomic E-state index is 12.3. The van der Waals surface area contributed by atoms with Crippen molar-refractivity contribution in [3.05, 3.63) is 60.3 Å². The number of nitrogen functional groups attached to an aromatic ring is 1. The van der Waals surface area contributed by atoms with Gasteiger partial charge in [0.1, 0.15) is 0 Å². The molecule has 3 aromatic rings. The number of carbonyl (C=O) groups excluding carboxylic acids is 1. The number of hydrogen-bond acceptors (Lipinski definition) is 6. The number of hydrogen-bond donors (Lipinski definition) is 3. The van der Waals surface area contributed by atoms with Crippen LogP contribution in [-0.2, 0) is 14.8 Å². The topological polar surface area (TPSA) is 119 Å². The molecule has 0 radical (unpaired) electrons. The molecule has 0 aliphatic rings. The summed E-state index contributed by atoms with van der Waals surface area (Å²) in [5, 5.41) is 3.21. The first kappa shape index (κ1) is 20.9. The van der Waals surface area contributed by atoms with Crippen LogP contribution in [0, 0.1) is 6.92 Å². The fourth-order valence-corrected chi connectivity index (χ4v) is 4.33. The number of benzene rings is 2. The van der Waals surface area contributed by atoms with E-state index in [9.17, 15) is 13.2 Å². The Kier molecular flexibility index (Phi) is 6.26. The Balaban J connectivity index is 1.67. The summed E-state index contributed by atoms with van der Waals surface area (Å²) < 4.78 is 27.8. The summed E-state index contributed by atoms with van der Waals surface area (Å²) in [5.74, 6) is 5.72. The summed E-state index contributed by atoms with van der Waals surface area (Å²) in [6, 6.07) is 14.3. The van der Waals surface area contributed by atoms with Gasteiger partial charge in [0.05, 0.1) is 22.5 Å². The summed E-state index contributed by atoms with van der Waals surface area (Å²) in [4.78, 5) is 16.9. The van der Waals surface area contributed by atoms with Crippen molar-refractivity contribution in [3.8, 4) is 11.3 Å². The zero-order valence-corrected chi connectivity index (χ0v) is 17.5. The van der Waals surface area contributed by atoms with E-state index < -0.39 is 10.0 Å². The first-order valence-electron chi connectivity index (χ1n) is 8.67. The van der Waals surface area contributed by atoms with Crippen molar-refractivity contribution in [1.29, 1.82) is 0 Å². The maximum Gasteiger partial charge on any atom is 0.240 e. The van der Waals surface area contributed by atoms with E-state index in [0.29, 0.717) is 16.4 Å². The van der Waals surface area contributed by atoms with Crippen molar-refractivity contribution in [3.63, 3.8) is 0 Å². The predicted molar refractivity (Wildman–Crippen MR) is 115 cm³/mol. The molecule has 10 heteroatoms. The SMILES string of the molecule is CNS(=O)(=O)c1cc(NC(=O)CSc2nc(-c3ccccc3)cn2N)ccc1C. The van der Waals surface area contributed by atoms with Crippen molar-refractivity contribution in [2.45, 2.75) is 17.0 Å². The van der Waals surface area contributed by atoms with E-state index in [1.54, 1.807) is 25.3 Å². The number of aryl methyl sites for hydroxylation is 1. The largest absolute Gasteiger partial charge is 0.337 e. The number of thioether (sulfide) groups is 1. The fourth-order valence-electron chi connectivity index (χ4n) is 2.64. The third-order valence-corrected chi connectivity index (χ3v) is 6.65. The van der Waals surface area contributed by atoms with Gasteiger partial charge >= 0.3 is 0 Å². The van der Waals surface area contributed by atoms with Crippen molar-refractivity contribution in [1.82, 2.24) is 14.4 Å². The molecular formula is C19H21N5O3S2. The molecule has 0 aliphatic heterocycles. The van der Waals surface area contributed by atoms with E-state index >= 15 is 0 Å². The molecule has 2 aromatic carbocycles. The molecule has 29 heavy (non-hydrogen) atoms. The van der Waals surface area contributed by atoms with Crippen LogP contribution in [0.5, 0.6) is 0 Å². The van der Waals surface area contributed by atoms with Crippen molar-refractivity contribution in [2.75, 3.05) is 24.0 Å². The number of rotatable bonds is 7. The normalized spacial score (nSPS) is 11.4. The van der Waals surface area contributed by atoms with E-state index in [-0.39, 0.29) is 16.6 Å². The molecule has 0 saturated carbocycles. The van der Waals surface area contributed by atoms with E-state index in [0.717, 1.165) is 11.3 Å². The highest BCUT2D eigenvalue weighted by atomic mass is 32.2. The highest BCUT2D eigenvalue weighted by Crippen LogP contribution is 2.24. The first-order chi connectivity index (χ1) is 13.8. The van der Waals surface area contributed by atoms with E-state index in [2.05, 4.69) is 15.0 Å². The Labute approximate surface area is 173 Å². The molecule has 0 bridgehead atoms. The number of aromatic nitrogens is 2. The lowest BCUT2D eigenvalue weighted by atomic mass is 10.2. The van der Waals surface area contributed by atoms with Crippen LogP contribution in [-0.4, -0.2) is 36.8 Å². The molecule has 1 amide bonds. The molecule has 1 heterocycles. The van der Waals surface area contributed by atoms with Gasteiger partial charge in [-0.15, -0.1) is 0 Å². The second kappa shape index (κ2) is 8.68. The standard InChI is InChI=1S/C19H21N5O3S2/c1-13-8-9-15(10-17(13)29(26,27)21-2)22-18(25)12-28-19-23-16(11-24(19)20)14-6-4-3-5-7-14/h3-11,21H,12,20H2,1-2H3,(H,22,25). The summed E-state index contributed by atoms with van der Waals surface area (Å²) in [7, 11) is -2.27. The van der Waals surface area contributed by atoms with Crippen LogP contribution in [0.25, 0.3) is 11.3 Å². The second-order valence-corrected chi connectivity index (χ2v) is 9.00. The molecule has 0 saturated heterocycles. The van der Waals surface area contributed by atoms with Gasteiger partial charge in [-0.25, -0.2) is 22.8 Å². The number of amides is 1. The van der Waals surface area contributed by atoms with Crippen LogP contribution in [0.4, 0.5) is 5.69 Å². The summed E-state index contributed by atoms with van der Waals surface area (Å²) in [6.45, 7) is 1.69. The third-order valence-electron chi connectivity index (χ3n) is 4.13. The molecule has 0 atom stereocenters. The number of anilines is 1. The van der Waals surface area contributed by atoms with Crippen LogP contribution < -0.4 is 15.9 Å². The average molecular weight is 432 g/mol. The number of nitrogens with two attached hydrogens (primary N) is 1. The molecule has 0 fully saturated rings. The van der Waals surface area contributed by atoms with Crippen molar-refractivity contribution in [2.24, 2.45) is 0 Å². The van der Waals surface area contributed by atoms with Gasteiger partial charge in [0.2, 0.25) is 15.9 Å². The molecule has 4 N–H and O–H groups in total. The molecule has 8 nitrogen and oxygen atoms in total. The van der Waals surface area contributed by atoms with Gasteiger partial charge in [-0.05, 0) is 31.7 Å². The molecule has 152 valence electrons. The zero-order chi connectivity index (χ0) is 21.0. The Morgan fingerprint density at radius 3 is 2.62 bits per heavy atom. The molecule has 3 rings (SSSR count). The van der Waals surface area contributed by atoms with Gasteiger partial charge in [-0.3, -0.25) is 4.79 Å². The quantitative estimate of drug-likeness (QED) is 0.390. The second-order valence-electron chi connectivity index (χ2n) is 6.21. The van der Waals surface area contributed by atoms with E-state index in [4.69, 9.17) is 5.84 Å². The van der Waals surface area contributed by atoms with Crippen LogP contribution in [0.1, 0.15) is 5.56 Å². The Hall–Kier alpha value is -2.82. The van der Waals surface area contributed by atoms with Gasteiger partial charge in [-0.1, -0.05) is 48.2 Å². The molecular weight excluding hydrogens is 410 g/mol. The highest BCUT2D eigenvalue weighted by molar-refractivity contribution is 7.99. The minimum Gasteiger partial charge on any atom is -0.337 e. The monoisotopic (exact) mass is 431 g/mol. The highest BCUT2D eigenvalue weighted by Gasteiger charge is 2.16. The van der Waals surface area contributed by atoms with Gasteiger partial charge in [-0.2, -0.15) is 0 Å². The summed E-state index contributed by atoms with van der Waals surface area (Å²) in [5.41, 5.74) is 2.64. The van der Waals surface area contributed by atoms with Crippen molar-refractivity contribution >= 4 is 33.4 Å². The average Bonchev–Trinajstić information content (AvgIpc) is 3.09. The Morgan fingerprint density at radius 1 is 1.21 bits per heavy atom. The Bertz CT molecular complexity index is 1130. The fraction of sp³-hybridized carbons (Fsp3) is 0.158. The third kappa shape index (κ3) is 4.97. The van der Waals surface area contributed by atoms with Crippen LogP contribution >= 0.6 is 11.8 Å². The number of sulfonamides is 1. The van der Waals surface area contributed by atoms with E-state index in [1.165, 1.54) is 29.6 Å². The summed E-state index contributed by atoms with van der Waals surface area (Å²) in [6.07, 6.45) is 1.70. The Morgan fingerprint density at radius 2 is 1.93 bits per heavy atom. The lowest BCUT2D eigenvalue weighted by Crippen LogP contribution is -2.20. The van der Waals surface area contributed by atoms with Crippen molar-refractivity contribution < 1.29 is 13.2 Å².